The topological polar surface area (TPSA) is 55.1 Å². The van der Waals surface area contributed by atoms with Crippen LogP contribution < -0.4 is 0 Å². The van der Waals surface area contributed by atoms with Crippen molar-refractivity contribution in [1.29, 1.82) is 0 Å². The van der Waals surface area contributed by atoms with Crippen molar-refractivity contribution in [2.24, 2.45) is 0 Å². The molecule has 0 spiro atoms. The van der Waals surface area contributed by atoms with Gasteiger partial charge in [-0.05, 0) is 32.0 Å². The lowest BCUT2D eigenvalue weighted by Crippen LogP contribution is -2.05. The summed E-state index contributed by atoms with van der Waals surface area (Å²) in [5, 5.41) is 14.9. The molecule has 1 aromatic heterocycles. The summed E-state index contributed by atoms with van der Waals surface area (Å²) in [5.74, 6) is -0.114. The van der Waals surface area contributed by atoms with Crippen LogP contribution in [0.3, 0.4) is 0 Å². The maximum absolute atomic E-state index is 12.8. The lowest BCUT2D eigenvalue weighted by atomic mass is 10.1. The van der Waals surface area contributed by atoms with Gasteiger partial charge in [-0.3, -0.25) is 9.48 Å². The minimum atomic E-state index is -0.187. The molecule has 0 saturated heterocycles. The van der Waals surface area contributed by atoms with E-state index in [1.807, 2.05) is 42.8 Å². The van der Waals surface area contributed by atoms with E-state index in [1.165, 1.54) is 11.6 Å². The quantitative estimate of drug-likeness (QED) is 0.587. The molecule has 0 radical (unpaired) electrons. The maximum atomic E-state index is 12.8. The molecule has 0 aliphatic carbocycles. The van der Waals surface area contributed by atoms with E-state index in [1.54, 1.807) is 18.2 Å². The molecule has 0 bridgehead atoms. The van der Waals surface area contributed by atoms with E-state index in [4.69, 9.17) is 0 Å². The van der Waals surface area contributed by atoms with Gasteiger partial charge in [0.05, 0.1) is 12.1 Å². The Kier molecular flexibility index (Phi) is 3.98. The zero-order valence-electron chi connectivity index (χ0n) is 13.2. The van der Waals surface area contributed by atoms with Gasteiger partial charge in [-0.15, -0.1) is 0 Å². The number of hydrogen-bond donors (Lipinski definition) is 1. The van der Waals surface area contributed by atoms with Gasteiger partial charge in [-0.1, -0.05) is 42.0 Å². The van der Waals surface area contributed by atoms with Gasteiger partial charge in [0.1, 0.15) is 11.4 Å². The second-order valence-corrected chi connectivity index (χ2v) is 5.71. The van der Waals surface area contributed by atoms with E-state index in [9.17, 15) is 9.90 Å². The number of benzene rings is 2. The van der Waals surface area contributed by atoms with Crippen LogP contribution in [0.5, 0.6) is 5.75 Å². The molecule has 0 amide bonds. The third-order valence-electron chi connectivity index (χ3n) is 3.65. The zero-order chi connectivity index (χ0) is 16.4. The van der Waals surface area contributed by atoms with Crippen LogP contribution in [0.25, 0.3) is 10.9 Å². The number of phenolic OH excluding ortho intramolecular Hbond substituents is 1. The van der Waals surface area contributed by atoms with E-state index in [-0.39, 0.29) is 11.5 Å². The summed E-state index contributed by atoms with van der Waals surface area (Å²) in [7, 11) is 0. The Morgan fingerprint density at radius 3 is 2.70 bits per heavy atom. The highest BCUT2D eigenvalue weighted by Gasteiger charge is 2.18. The van der Waals surface area contributed by atoms with Crippen LogP contribution in [0.2, 0.25) is 0 Å². The van der Waals surface area contributed by atoms with Crippen LogP contribution in [0.15, 0.2) is 60.2 Å². The van der Waals surface area contributed by atoms with E-state index < -0.39 is 0 Å². The first-order valence-electron chi connectivity index (χ1n) is 7.49. The van der Waals surface area contributed by atoms with Gasteiger partial charge in [-0.25, -0.2) is 0 Å². The normalized spacial score (nSPS) is 10.7. The third kappa shape index (κ3) is 3.01. The number of para-hydroxylation sites is 1. The standard InChI is InChI=1S/C19H18N2O2/c1-13(2)10-11-21-17-9-4-3-8-16(17)18(20-21)19(23)14-6-5-7-15(22)12-14/h3-10,12,22H,11H2,1-2H3. The average molecular weight is 306 g/mol. The Morgan fingerprint density at radius 1 is 1.17 bits per heavy atom. The molecule has 116 valence electrons. The van der Waals surface area contributed by atoms with Crippen LogP contribution in [-0.2, 0) is 6.54 Å². The van der Waals surface area contributed by atoms with Gasteiger partial charge >= 0.3 is 0 Å². The van der Waals surface area contributed by atoms with Crippen molar-refractivity contribution in [2.75, 3.05) is 0 Å². The number of nitrogens with zero attached hydrogens (tertiary/aromatic N) is 2. The van der Waals surface area contributed by atoms with E-state index in [2.05, 4.69) is 11.2 Å². The lowest BCUT2D eigenvalue weighted by molar-refractivity contribution is 0.103. The summed E-state index contributed by atoms with van der Waals surface area (Å²) < 4.78 is 1.83. The van der Waals surface area contributed by atoms with Crippen molar-refractivity contribution in [2.45, 2.75) is 20.4 Å². The van der Waals surface area contributed by atoms with Crippen molar-refractivity contribution >= 4 is 16.7 Å². The van der Waals surface area contributed by atoms with Crippen molar-refractivity contribution < 1.29 is 9.90 Å². The monoisotopic (exact) mass is 306 g/mol. The number of aromatic hydroxyl groups is 1. The third-order valence-corrected chi connectivity index (χ3v) is 3.65. The Bertz CT molecular complexity index is 903. The summed E-state index contributed by atoms with van der Waals surface area (Å²) >= 11 is 0. The molecule has 4 heteroatoms. The van der Waals surface area contributed by atoms with Gasteiger partial charge in [0.15, 0.2) is 0 Å². The summed E-state index contributed by atoms with van der Waals surface area (Å²) in [5.41, 5.74) is 2.97. The zero-order valence-corrected chi connectivity index (χ0v) is 13.2. The number of hydrogen-bond acceptors (Lipinski definition) is 3. The van der Waals surface area contributed by atoms with Gasteiger partial charge in [0, 0.05) is 10.9 Å². The number of phenols is 1. The molecule has 2 aromatic carbocycles. The average Bonchev–Trinajstić information content (AvgIpc) is 2.91. The highest BCUT2D eigenvalue weighted by atomic mass is 16.3. The largest absolute Gasteiger partial charge is 0.508 e. The molecular weight excluding hydrogens is 288 g/mol. The lowest BCUT2D eigenvalue weighted by Gasteiger charge is -1.99. The molecule has 1 N–H and O–H groups in total. The van der Waals surface area contributed by atoms with Gasteiger partial charge in [-0.2, -0.15) is 5.10 Å². The fraction of sp³-hybridized carbons (Fsp3) is 0.158. The SMILES string of the molecule is CC(C)=CCn1nc(C(=O)c2cccc(O)c2)c2ccccc21. The first-order valence-corrected chi connectivity index (χ1v) is 7.49. The number of aromatic nitrogens is 2. The number of allylic oxidation sites excluding steroid dienone is 2. The first-order chi connectivity index (χ1) is 11.1. The van der Waals surface area contributed by atoms with Crippen LogP contribution in [0, 0.1) is 0 Å². The molecule has 3 aromatic rings. The molecule has 0 saturated carbocycles. The number of fused-ring (bicyclic) bond motifs is 1. The Labute approximate surface area is 134 Å². The Hall–Kier alpha value is -2.88. The first kappa shape index (κ1) is 15.0. The maximum Gasteiger partial charge on any atom is 0.214 e. The van der Waals surface area contributed by atoms with Gasteiger partial charge < -0.3 is 5.11 Å². The summed E-state index contributed by atoms with van der Waals surface area (Å²) in [6.45, 7) is 4.69. The van der Waals surface area contributed by atoms with E-state index >= 15 is 0 Å². The van der Waals surface area contributed by atoms with Crippen molar-refractivity contribution in [3.63, 3.8) is 0 Å². The number of carbonyl (C=O) groups is 1. The van der Waals surface area contributed by atoms with E-state index in [0.717, 1.165) is 10.9 Å². The minimum Gasteiger partial charge on any atom is -0.508 e. The molecule has 0 unspecified atom stereocenters. The second kappa shape index (κ2) is 6.08. The molecule has 4 nitrogen and oxygen atoms in total. The van der Waals surface area contributed by atoms with Crippen LogP contribution >= 0.6 is 0 Å². The molecule has 0 fully saturated rings. The number of ketones is 1. The summed E-state index contributed by atoms with van der Waals surface area (Å²) in [6, 6.07) is 14.0. The minimum absolute atomic E-state index is 0.0733. The van der Waals surface area contributed by atoms with Crippen LogP contribution in [-0.4, -0.2) is 20.7 Å². The predicted octanol–water partition coefficient (Wildman–Crippen LogP) is 3.94. The number of rotatable bonds is 4. The Morgan fingerprint density at radius 2 is 1.96 bits per heavy atom. The van der Waals surface area contributed by atoms with Crippen LogP contribution in [0.1, 0.15) is 29.9 Å². The fourth-order valence-electron chi connectivity index (χ4n) is 2.49. The fourth-order valence-corrected chi connectivity index (χ4v) is 2.49. The van der Waals surface area contributed by atoms with Gasteiger partial charge in [0.25, 0.3) is 0 Å². The second-order valence-electron chi connectivity index (χ2n) is 5.71. The molecule has 0 aliphatic heterocycles. The molecule has 0 aliphatic rings. The summed E-state index contributed by atoms with van der Waals surface area (Å²) in [6.07, 6.45) is 2.07. The Balaban J connectivity index is 2.10. The van der Waals surface area contributed by atoms with Crippen molar-refractivity contribution in [3.05, 3.63) is 71.4 Å². The van der Waals surface area contributed by atoms with Crippen molar-refractivity contribution in [3.8, 4) is 5.75 Å². The molecule has 0 atom stereocenters. The highest BCUT2D eigenvalue weighted by Crippen LogP contribution is 2.22. The van der Waals surface area contributed by atoms with Gasteiger partial charge in [0.2, 0.25) is 5.78 Å². The van der Waals surface area contributed by atoms with Crippen LogP contribution in [0.4, 0.5) is 0 Å². The highest BCUT2D eigenvalue weighted by molar-refractivity contribution is 6.15. The molecule has 1 heterocycles. The number of carbonyl (C=O) groups excluding carboxylic acids is 1. The molecule has 3 rings (SSSR count). The molecule has 23 heavy (non-hydrogen) atoms. The van der Waals surface area contributed by atoms with E-state index in [0.29, 0.717) is 17.8 Å². The smallest absolute Gasteiger partial charge is 0.214 e. The van der Waals surface area contributed by atoms with Crippen molar-refractivity contribution in [1.82, 2.24) is 9.78 Å². The summed E-state index contributed by atoms with van der Waals surface area (Å²) in [4.78, 5) is 12.8. The predicted molar refractivity (Wildman–Crippen MR) is 90.7 cm³/mol. The molecular formula is C19H18N2O2.